The fourth-order valence-electron chi connectivity index (χ4n) is 1.65. The predicted octanol–water partition coefficient (Wildman–Crippen LogP) is 2.92. The largest absolute Gasteiger partial charge is 0.294 e. The van der Waals surface area contributed by atoms with Gasteiger partial charge < -0.3 is 0 Å². The third-order valence-electron chi connectivity index (χ3n) is 2.72. The van der Waals surface area contributed by atoms with Crippen LogP contribution < -0.4 is 5.56 Å². The van der Waals surface area contributed by atoms with Gasteiger partial charge in [0.15, 0.2) is 0 Å². The van der Waals surface area contributed by atoms with Crippen LogP contribution in [0.1, 0.15) is 11.3 Å². The molecule has 0 N–H and O–H groups in total. The minimum atomic E-state index is -0.558. The molecule has 2 aromatic rings. The van der Waals surface area contributed by atoms with Crippen LogP contribution in [0, 0.1) is 17.0 Å². The van der Waals surface area contributed by atoms with E-state index >= 15 is 0 Å². The summed E-state index contributed by atoms with van der Waals surface area (Å²) in [6.45, 7) is 1.89. The average molecular weight is 359 g/mol. The van der Waals surface area contributed by atoms with E-state index in [2.05, 4.69) is 20.9 Å². The van der Waals surface area contributed by atoms with Gasteiger partial charge in [-0.2, -0.15) is 0 Å². The molecule has 0 fully saturated rings. The molecule has 0 radical (unpaired) electrons. The highest BCUT2D eigenvalue weighted by Crippen LogP contribution is 2.25. The number of hydrogen-bond acceptors (Lipinski definition) is 4. The van der Waals surface area contributed by atoms with Crippen molar-refractivity contribution >= 4 is 33.2 Å². The van der Waals surface area contributed by atoms with Crippen molar-refractivity contribution in [3.8, 4) is 0 Å². The molecule has 104 valence electrons. The second-order valence-corrected chi connectivity index (χ2v) is 5.32. The Morgan fingerprint density at radius 3 is 2.85 bits per heavy atom. The summed E-state index contributed by atoms with van der Waals surface area (Å²) in [6, 6.07) is 4.43. The van der Waals surface area contributed by atoms with Gasteiger partial charge in [0, 0.05) is 6.07 Å². The summed E-state index contributed by atoms with van der Waals surface area (Å²) in [7, 11) is 0. The van der Waals surface area contributed by atoms with Crippen molar-refractivity contribution in [3.63, 3.8) is 0 Å². The Balaban J connectivity index is 2.41. The lowest BCUT2D eigenvalue weighted by Gasteiger charge is -2.07. The van der Waals surface area contributed by atoms with Gasteiger partial charge in [-0.25, -0.2) is 4.98 Å². The summed E-state index contributed by atoms with van der Waals surface area (Å²) in [5.74, 6) is 0. The molecule has 0 aliphatic rings. The van der Waals surface area contributed by atoms with Crippen LogP contribution in [-0.4, -0.2) is 14.5 Å². The van der Waals surface area contributed by atoms with Crippen molar-refractivity contribution in [2.45, 2.75) is 13.5 Å². The SMILES string of the molecule is Cc1ncn(Cc2ccc(Cl)c([N+](=O)[O-])c2)c(=O)c1Br. The lowest BCUT2D eigenvalue weighted by atomic mass is 10.2. The molecule has 0 unspecified atom stereocenters. The Morgan fingerprint density at radius 2 is 2.20 bits per heavy atom. The molecule has 0 spiro atoms. The molecule has 0 atom stereocenters. The highest BCUT2D eigenvalue weighted by atomic mass is 79.9. The Kier molecular flexibility index (Phi) is 4.20. The minimum Gasteiger partial charge on any atom is -0.294 e. The fraction of sp³-hybridized carbons (Fsp3) is 0.167. The van der Waals surface area contributed by atoms with Crippen LogP contribution in [0.4, 0.5) is 5.69 Å². The first-order valence-corrected chi connectivity index (χ1v) is 6.71. The van der Waals surface area contributed by atoms with E-state index in [1.165, 1.54) is 23.0 Å². The molecular formula is C12H9BrClN3O3. The molecule has 20 heavy (non-hydrogen) atoms. The van der Waals surface area contributed by atoms with Gasteiger partial charge in [-0.1, -0.05) is 17.7 Å². The number of rotatable bonds is 3. The van der Waals surface area contributed by atoms with Crippen molar-refractivity contribution < 1.29 is 4.92 Å². The van der Waals surface area contributed by atoms with Crippen LogP contribution in [0.2, 0.25) is 5.02 Å². The Labute approximate surface area is 127 Å². The number of benzene rings is 1. The van der Waals surface area contributed by atoms with Crippen LogP contribution in [0.3, 0.4) is 0 Å². The van der Waals surface area contributed by atoms with E-state index in [4.69, 9.17) is 11.6 Å². The number of aryl methyl sites for hydroxylation is 1. The average Bonchev–Trinajstić information content (AvgIpc) is 2.41. The van der Waals surface area contributed by atoms with Crippen molar-refractivity contribution in [1.82, 2.24) is 9.55 Å². The number of nitrogens with zero attached hydrogens (tertiary/aromatic N) is 3. The quantitative estimate of drug-likeness (QED) is 0.624. The van der Waals surface area contributed by atoms with Gasteiger partial charge in [-0.05, 0) is 34.5 Å². The molecule has 8 heteroatoms. The van der Waals surface area contributed by atoms with Crippen LogP contribution >= 0.6 is 27.5 Å². The lowest BCUT2D eigenvalue weighted by Crippen LogP contribution is -2.22. The first-order valence-electron chi connectivity index (χ1n) is 5.54. The van der Waals surface area contributed by atoms with E-state index in [1.54, 1.807) is 13.0 Å². The topological polar surface area (TPSA) is 78.0 Å². The molecular weight excluding hydrogens is 350 g/mol. The number of hydrogen-bond donors (Lipinski definition) is 0. The molecule has 0 saturated carbocycles. The number of halogens is 2. The molecule has 0 saturated heterocycles. The molecule has 1 aromatic carbocycles. The highest BCUT2D eigenvalue weighted by molar-refractivity contribution is 9.10. The van der Waals surface area contributed by atoms with Gasteiger partial charge in [0.1, 0.15) is 9.50 Å². The van der Waals surface area contributed by atoms with Crippen molar-refractivity contribution in [2.24, 2.45) is 0 Å². The molecule has 2 rings (SSSR count). The molecule has 1 heterocycles. The van der Waals surface area contributed by atoms with Crippen LogP contribution in [0.5, 0.6) is 0 Å². The van der Waals surface area contributed by atoms with E-state index in [0.29, 0.717) is 15.7 Å². The third-order valence-corrected chi connectivity index (χ3v) is 3.95. The Hall–Kier alpha value is -1.73. The molecule has 0 bridgehead atoms. The Morgan fingerprint density at radius 1 is 1.50 bits per heavy atom. The second kappa shape index (κ2) is 5.72. The van der Waals surface area contributed by atoms with E-state index in [1.807, 2.05) is 0 Å². The summed E-state index contributed by atoms with van der Waals surface area (Å²) in [5.41, 5.74) is 0.764. The van der Waals surface area contributed by atoms with Crippen molar-refractivity contribution in [2.75, 3.05) is 0 Å². The second-order valence-electron chi connectivity index (χ2n) is 4.12. The number of aromatic nitrogens is 2. The zero-order chi connectivity index (χ0) is 14.9. The number of nitro benzene ring substituents is 1. The van der Waals surface area contributed by atoms with E-state index in [-0.39, 0.29) is 22.8 Å². The van der Waals surface area contributed by atoms with Gasteiger partial charge in [0.05, 0.1) is 23.5 Å². The normalized spacial score (nSPS) is 10.6. The van der Waals surface area contributed by atoms with Crippen molar-refractivity contribution in [3.05, 3.63) is 65.7 Å². The monoisotopic (exact) mass is 357 g/mol. The fourth-order valence-corrected chi connectivity index (χ4v) is 2.17. The smallest absolute Gasteiger partial charge is 0.288 e. The van der Waals surface area contributed by atoms with Crippen molar-refractivity contribution in [1.29, 1.82) is 0 Å². The third kappa shape index (κ3) is 2.88. The maximum Gasteiger partial charge on any atom is 0.288 e. The highest BCUT2D eigenvalue weighted by Gasteiger charge is 2.13. The van der Waals surface area contributed by atoms with Crippen LogP contribution in [0.25, 0.3) is 0 Å². The molecule has 0 aliphatic heterocycles. The van der Waals surface area contributed by atoms with Gasteiger partial charge in [-0.15, -0.1) is 0 Å². The Bertz CT molecular complexity index is 745. The van der Waals surface area contributed by atoms with Crippen LogP contribution in [0.15, 0.2) is 33.8 Å². The zero-order valence-electron chi connectivity index (χ0n) is 10.3. The van der Waals surface area contributed by atoms with Gasteiger partial charge in [0.2, 0.25) is 0 Å². The van der Waals surface area contributed by atoms with Gasteiger partial charge in [-0.3, -0.25) is 19.5 Å². The molecule has 0 amide bonds. The van der Waals surface area contributed by atoms with E-state index in [9.17, 15) is 14.9 Å². The standard InChI is InChI=1S/C12H9BrClN3O3/c1-7-11(13)12(18)16(6-15-7)5-8-2-3-9(14)10(4-8)17(19)20/h2-4,6H,5H2,1H3. The van der Waals surface area contributed by atoms with E-state index in [0.717, 1.165) is 0 Å². The maximum absolute atomic E-state index is 12.0. The maximum atomic E-state index is 12.0. The zero-order valence-corrected chi connectivity index (χ0v) is 12.7. The first-order chi connectivity index (χ1) is 9.40. The minimum absolute atomic E-state index is 0.0642. The molecule has 1 aromatic heterocycles. The van der Waals surface area contributed by atoms with Crippen LogP contribution in [-0.2, 0) is 6.54 Å². The first kappa shape index (κ1) is 14.7. The predicted molar refractivity (Wildman–Crippen MR) is 78.1 cm³/mol. The summed E-state index contributed by atoms with van der Waals surface area (Å²) in [6.07, 6.45) is 1.41. The number of nitro groups is 1. The van der Waals surface area contributed by atoms with Gasteiger partial charge >= 0.3 is 0 Å². The van der Waals surface area contributed by atoms with E-state index < -0.39 is 4.92 Å². The molecule has 0 aliphatic carbocycles. The summed E-state index contributed by atoms with van der Waals surface area (Å²) in [4.78, 5) is 26.3. The lowest BCUT2D eigenvalue weighted by molar-refractivity contribution is -0.384. The summed E-state index contributed by atoms with van der Waals surface area (Å²) < 4.78 is 1.74. The molecule has 6 nitrogen and oxygen atoms in total. The summed E-state index contributed by atoms with van der Waals surface area (Å²) >= 11 is 8.91. The summed E-state index contributed by atoms with van der Waals surface area (Å²) in [5, 5.41) is 10.9. The van der Waals surface area contributed by atoms with Gasteiger partial charge in [0.25, 0.3) is 11.2 Å².